The Morgan fingerprint density at radius 1 is 0.952 bits per heavy atom. The molecule has 21 heavy (non-hydrogen) atoms. The molecule has 2 aromatic carbocycles. The first-order valence-electron chi connectivity index (χ1n) is 6.62. The van der Waals surface area contributed by atoms with E-state index in [0.29, 0.717) is 11.4 Å². The summed E-state index contributed by atoms with van der Waals surface area (Å²) in [5.41, 5.74) is 1.06. The molecular formula is C16H16F2N2O. The lowest BCUT2D eigenvalue weighted by Crippen LogP contribution is -2.19. The van der Waals surface area contributed by atoms with Gasteiger partial charge in [0.15, 0.2) is 0 Å². The molecule has 0 radical (unpaired) electrons. The molecule has 0 saturated heterocycles. The topological polar surface area (TPSA) is 41.1 Å². The molecule has 0 heterocycles. The molecule has 0 aliphatic heterocycles. The molecule has 0 aliphatic rings. The highest BCUT2D eigenvalue weighted by molar-refractivity contribution is 5.99. The van der Waals surface area contributed by atoms with Crippen molar-refractivity contribution in [2.24, 2.45) is 0 Å². The Morgan fingerprint density at radius 3 is 2.00 bits per heavy atom. The molecule has 2 N–H and O–H groups in total. The fraction of sp³-hybridized carbons (Fsp3) is 0.188. The van der Waals surface area contributed by atoms with Gasteiger partial charge in [-0.05, 0) is 24.3 Å². The van der Waals surface area contributed by atoms with Crippen LogP contribution in [0.1, 0.15) is 18.9 Å². The van der Waals surface area contributed by atoms with Gasteiger partial charge < -0.3 is 10.6 Å². The third kappa shape index (κ3) is 4.02. The number of amides is 2. The lowest BCUT2D eigenvalue weighted by atomic mass is 10.1. The van der Waals surface area contributed by atoms with Crippen molar-refractivity contribution in [1.82, 2.24) is 0 Å². The van der Waals surface area contributed by atoms with Crippen LogP contribution >= 0.6 is 0 Å². The summed E-state index contributed by atoms with van der Waals surface area (Å²) in [7, 11) is 0. The molecular weight excluding hydrogens is 274 g/mol. The van der Waals surface area contributed by atoms with Crippen LogP contribution in [0.5, 0.6) is 0 Å². The summed E-state index contributed by atoms with van der Waals surface area (Å²) in [5, 5.41) is 5.24. The van der Waals surface area contributed by atoms with Gasteiger partial charge >= 0.3 is 6.03 Å². The highest BCUT2D eigenvalue weighted by atomic mass is 19.3. The molecule has 110 valence electrons. The summed E-state index contributed by atoms with van der Waals surface area (Å²) in [6.07, 6.45) is -0.256. The maximum atomic E-state index is 13.5. The number of halogens is 2. The van der Waals surface area contributed by atoms with Gasteiger partial charge in [-0.2, -0.15) is 0 Å². The number of carbonyl (C=O) groups excluding carboxylic acids is 1. The summed E-state index contributed by atoms with van der Waals surface area (Å²) < 4.78 is 26.9. The predicted octanol–water partition coefficient (Wildman–Crippen LogP) is 4.83. The Hall–Kier alpha value is -2.43. The van der Waals surface area contributed by atoms with E-state index in [1.165, 1.54) is 31.2 Å². The van der Waals surface area contributed by atoms with Gasteiger partial charge in [0.2, 0.25) is 0 Å². The normalized spacial score (nSPS) is 11.0. The van der Waals surface area contributed by atoms with Crippen LogP contribution < -0.4 is 10.6 Å². The van der Waals surface area contributed by atoms with E-state index in [9.17, 15) is 13.6 Å². The third-order valence-corrected chi connectivity index (χ3v) is 3.04. The van der Waals surface area contributed by atoms with Crippen molar-refractivity contribution in [3.05, 3.63) is 60.2 Å². The van der Waals surface area contributed by atoms with Gasteiger partial charge in [0, 0.05) is 23.4 Å². The van der Waals surface area contributed by atoms with Crippen LogP contribution in [-0.4, -0.2) is 6.03 Å². The van der Waals surface area contributed by atoms with Crippen LogP contribution in [0.4, 0.5) is 25.0 Å². The molecule has 2 amide bonds. The second-order valence-electron chi connectivity index (χ2n) is 4.58. The molecule has 2 aromatic rings. The Kier molecular flexibility index (Phi) is 4.52. The number of rotatable bonds is 4. The predicted molar refractivity (Wildman–Crippen MR) is 79.7 cm³/mol. The number of carbonyl (C=O) groups is 1. The highest BCUT2D eigenvalue weighted by Gasteiger charge is 2.28. The van der Waals surface area contributed by atoms with Gasteiger partial charge in [-0.25, -0.2) is 13.6 Å². The maximum absolute atomic E-state index is 13.5. The van der Waals surface area contributed by atoms with E-state index < -0.39 is 12.0 Å². The summed E-state index contributed by atoms with van der Waals surface area (Å²) in [4.78, 5) is 11.7. The molecule has 0 unspecified atom stereocenters. The number of anilines is 2. The summed E-state index contributed by atoms with van der Waals surface area (Å²) in [6, 6.07) is 14.1. The third-order valence-electron chi connectivity index (χ3n) is 3.04. The van der Waals surface area contributed by atoms with Crippen molar-refractivity contribution in [2.45, 2.75) is 19.3 Å². The molecule has 0 bridgehead atoms. The Labute approximate surface area is 122 Å². The fourth-order valence-corrected chi connectivity index (χ4v) is 1.82. The maximum Gasteiger partial charge on any atom is 0.323 e. The van der Waals surface area contributed by atoms with Gasteiger partial charge in [-0.15, -0.1) is 0 Å². The number of para-hydroxylation sites is 1. The number of urea groups is 1. The summed E-state index contributed by atoms with van der Waals surface area (Å²) in [6.45, 7) is 1.43. The standard InChI is InChI=1S/C16H16F2N2O/c1-2-16(17,18)12-8-10-14(11-9-12)20-15(21)19-13-6-4-3-5-7-13/h3-11H,2H2,1H3,(H2,19,20,21). The number of hydrogen-bond donors (Lipinski definition) is 2. The van der Waals surface area contributed by atoms with E-state index in [-0.39, 0.29) is 12.0 Å². The zero-order chi connectivity index (χ0) is 15.3. The van der Waals surface area contributed by atoms with E-state index in [4.69, 9.17) is 0 Å². The molecule has 0 spiro atoms. The van der Waals surface area contributed by atoms with Crippen LogP contribution in [0.25, 0.3) is 0 Å². The Morgan fingerprint density at radius 2 is 1.48 bits per heavy atom. The van der Waals surface area contributed by atoms with E-state index in [1.807, 2.05) is 6.07 Å². The molecule has 0 saturated carbocycles. The number of benzene rings is 2. The van der Waals surface area contributed by atoms with Gasteiger partial charge in [0.25, 0.3) is 5.92 Å². The molecule has 3 nitrogen and oxygen atoms in total. The second kappa shape index (κ2) is 6.35. The van der Waals surface area contributed by atoms with Gasteiger partial charge in [-0.3, -0.25) is 0 Å². The number of nitrogens with one attached hydrogen (secondary N) is 2. The van der Waals surface area contributed by atoms with Crippen LogP contribution in [0.15, 0.2) is 54.6 Å². The Balaban J connectivity index is 1.99. The monoisotopic (exact) mass is 290 g/mol. The molecule has 0 aromatic heterocycles. The highest BCUT2D eigenvalue weighted by Crippen LogP contribution is 2.31. The molecule has 0 aliphatic carbocycles. The SMILES string of the molecule is CCC(F)(F)c1ccc(NC(=O)Nc2ccccc2)cc1. The van der Waals surface area contributed by atoms with Crippen LogP contribution in [-0.2, 0) is 5.92 Å². The second-order valence-corrected chi connectivity index (χ2v) is 4.58. The van der Waals surface area contributed by atoms with Gasteiger partial charge in [0.05, 0.1) is 0 Å². The summed E-state index contributed by atoms with van der Waals surface area (Å²) in [5.74, 6) is -2.84. The smallest absolute Gasteiger partial charge is 0.308 e. The zero-order valence-corrected chi connectivity index (χ0v) is 11.6. The summed E-state index contributed by atoms with van der Waals surface area (Å²) >= 11 is 0. The lowest BCUT2D eigenvalue weighted by Gasteiger charge is -2.15. The van der Waals surface area contributed by atoms with Crippen LogP contribution in [0.3, 0.4) is 0 Å². The van der Waals surface area contributed by atoms with Gasteiger partial charge in [0.1, 0.15) is 0 Å². The molecule has 0 atom stereocenters. The fourth-order valence-electron chi connectivity index (χ4n) is 1.82. The van der Waals surface area contributed by atoms with Crippen molar-refractivity contribution < 1.29 is 13.6 Å². The number of hydrogen-bond acceptors (Lipinski definition) is 1. The van der Waals surface area contributed by atoms with Crippen LogP contribution in [0.2, 0.25) is 0 Å². The van der Waals surface area contributed by atoms with E-state index >= 15 is 0 Å². The van der Waals surface area contributed by atoms with Crippen molar-refractivity contribution in [3.8, 4) is 0 Å². The van der Waals surface area contributed by atoms with Crippen molar-refractivity contribution >= 4 is 17.4 Å². The first-order chi connectivity index (χ1) is 10.0. The first-order valence-corrected chi connectivity index (χ1v) is 6.62. The van der Waals surface area contributed by atoms with Crippen LogP contribution in [0, 0.1) is 0 Å². The van der Waals surface area contributed by atoms with Crippen molar-refractivity contribution in [3.63, 3.8) is 0 Å². The van der Waals surface area contributed by atoms with E-state index in [2.05, 4.69) is 10.6 Å². The van der Waals surface area contributed by atoms with E-state index in [0.717, 1.165) is 0 Å². The average Bonchev–Trinajstić information content (AvgIpc) is 2.48. The Bertz CT molecular complexity index is 597. The van der Waals surface area contributed by atoms with E-state index in [1.54, 1.807) is 24.3 Å². The molecule has 5 heteroatoms. The van der Waals surface area contributed by atoms with Crippen molar-refractivity contribution in [1.29, 1.82) is 0 Å². The minimum Gasteiger partial charge on any atom is -0.308 e. The zero-order valence-electron chi connectivity index (χ0n) is 11.6. The lowest BCUT2D eigenvalue weighted by molar-refractivity contribution is -0.00826. The number of alkyl halides is 2. The first kappa shape index (κ1) is 15.0. The molecule has 2 rings (SSSR count). The minimum absolute atomic E-state index is 0.0565. The quantitative estimate of drug-likeness (QED) is 0.831. The van der Waals surface area contributed by atoms with Gasteiger partial charge in [-0.1, -0.05) is 37.3 Å². The average molecular weight is 290 g/mol. The largest absolute Gasteiger partial charge is 0.323 e. The minimum atomic E-state index is -2.84. The molecule has 0 fully saturated rings. The van der Waals surface area contributed by atoms with Crippen molar-refractivity contribution in [2.75, 3.05) is 10.6 Å².